The van der Waals surface area contributed by atoms with Gasteiger partial charge in [0.05, 0.1) is 10.4 Å². The topological polar surface area (TPSA) is 54.5 Å². The van der Waals surface area contributed by atoms with Crippen LogP contribution in [0.15, 0.2) is 90.4 Å². The molecule has 1 fully saturated rings. The van der Waals surface area contributed by atoms with E-state index in [9.17, 15) is 13.2 Å². The molecule has 1 aliphatic heterocycles. The summed E-state index contributed by atoms with van der Waals surface area (Å²) in [4.78, 5) is 12.7. The number of hydrogen-bond donors (Lipinski definition) is 0. The van der Waals surface area contributed by atoms with Crippen LogP contribution in [0.5, 0.6) is 0 Å². The molecule has 0 unspecified atom stereocenters. The molecule has 2 aliphatic rings. The third kappa shape index (κ3) is 3.56. The molecule has 0 amide bonds. The van der Waals surface area contributed by atoms with Crippen molar-refractivity contribution in [2.45, 2.75) is 30.7 Å². The second kappa shape index (κ2) is 7.79. The third-order valence-corrected chi connectivity index (χ3v) is 9.33. The van der Waals surface area contributed by atoms with Crippen LogP contribution in [0.1, 0.15) is 24.5 Å². The van der Waals surface area contributed by atoms with Gasteiger partial charge in [-0.1, -0.05) is 66.7 Å². The monoisotopic (exact) mass is 457 g/mol. The Hall–Kier alpha value is -3.02. The zero-order chi connectivity index (χ0) is 23.4. The van der Waals surface area contributed by atoms with E-state index in [4.69, 9.17) is 0 Å². The Bertz CT molecular complexity index is 1400. The highest BCUT2D eigenvalue weighted by molar-refractivity contribution is 7.89. The van der Waals surface area contributed by atoms with Crippen LogP contribution < -0.4 is 0 Å². The van der Waals surface area contributed by atoms with Crippen LogP contribution in [-0.4, -0.2) is 30.6 Å². The van der Waals surface area contributed by atoms with E-state index in [1.54, 1.807) is 22.5 Å². The summed E-state index contributed by atoms with van der Waals surface area (Å²) in [7, 11) is -3.76. The molecule has 5 heteroatoms. The molecule has 0 aromatic heterocycles. The van der Waals surface area contributed by atoms with Crippen molar-refractivity contribution in [2.75, 3.05) is 6.54 Å². The van der Waals surface area contributed by atoms with E-state index in [2.05, 4.69) is 30.8 Å². The van der Waals surface area contributed by atoms with E-state index in [0.717, 1.165) is 27.5 Å². The average molecular weight is 458 g/mol. The first kappa shape index (κ1) is 21.8. The maximum absolute atomic E-state index is 13.7. The number of sulfonamides is 1. The Balaban J connectivity index is 1.57. The molecule has 33 heavy (non-hydrogen) atoms. The fourth-order valence-corrected chi connectivity index (χ4v) is 7.15. The van der Waals surface area contributed by atoms with Crippen LogP contribution in [0, 0.1) is 18.8 Å². The van der Waals surface area contributed by atoms with Crippen molar-refractivity contribution in [3.05, 3.63) is 96.6 Å². The summed E-state index contributed by atoms with van der Waals surface area (Å²) in [5.74, 6) is -0.303. The molecule has 1 saturated heterocycles. The van der Waals surface area contributed by atoms with Gasteiger partial charge in [-0.3, -0.25) is 4.79 Å². The summed E-state index contributed by atoms with van der Waals surface area (Å²) < 4.78 is 29.1. The van der Waals surface area contributed by atoms with E-state index >= 15 is 0 Å². The van der Waals surface area contributed by atoms with Crippen molar-refractivity contribution < 1.29 is 13.2 Å². The minimum Gasteiger partial charge on any atom is -0.295 e. The van der Waals surface area contributed by atoms with Crippen LogP contribution in [0.25, 0.3) is 16.3 Å². The molecular weight excluding hydrogens is 430 g/mol. The number of aryl methyl sites for hydroxylation is 1. The van der Waals surface area contributed by atoms with E-state index < -0.39 is 15.6 Å². The number of carbonyl (C=O) groups is 1. The summed E-state index contributed by atoms with van der Waals surface area (Å²) >= 11 is 0. The lowest BCUT2D eigenvalue weighted by Gasteiger charge is -2.38. The lowest BCUT2D eigenvalue weighted by molar-refractivity contribution is -0.116. The molecule has 0 bridgehead atoms. The molecule has 0 saturated carbocycles. The number of rotatable bonds is 4. The molecule has 1 aliphatic carbocycles. The Morgan fingerprint density at radius 2 is 1.73 bits per heavy atom. The van der Waals surface area contributed by atoms with Gasteiger partial charge in [0, 0.05) is 18.9 Å². The van der Waals surface area contributed by atoms with Crippen LogP contribution >= 0.6 is 0 Å². The number of ketones is 1. The second-order valence-corrected chi connectivity index (χ2v) is 11.2. The first-order chi connectivity index (χ1) is 15.7. The second-order valence-electron chi connectivity index (χ2n) is 9.38. The SMILES string of the molecule is C=C(c1ccc2ccccc2c1)[C@@H]1CN(S(=O)(=O)c2ccc(C)cc2)[C@]2(C)C=CC(=O)C[C@H]12. The molecule has 3 aromatic rings. The number of carbonyl (C=O) groups excluding carboxylic acids is 1. The smallest absolute Gasteiger partial charge is 0.243 e. The number of nitrogens with zero attached hydrogens (tertiary/aromatic N) is 1. The van der Waals surface area contributed by atoms with Crippen LogP contribution in [-0.2, 0) is 14.8 Å². The van der Waals surface area contributed by atoms with E-state index in [0.29, 0.717) is 13.0 Å². The summed E-state index contributed by atoms with van der Waals surface area (Å²) in [6, 6.07) is 21.3. The van der Waals surface area contributed by atoms with Gasteiger partial charge in [0.15, 0.2) is 5.78 Å². The van der Waals surface area contributed by atoms with Gasteiger partial charge in [-0.05, 0) is 65.9 Å². The lowest BCUT2D eigenvalue weighted by atomic mass is 9.71. The fraction of sp³-hybridized carbons (Fsp3) is 0.250. The Kier molecular flexibility index (Phi) is 5.15. The van der Waals surface area contributed by atoms with Crippen molar-refractivity contribution >= 4 is 32.2 Å². The van der Waals surface area contributed by atoms with Gasteiger partial charge in [0.1, 0.15) is 0 Å². The molecule has 0 radical (unpaired) electrons. The van der Waals surface area contributed by atoms with Crippen LogP contribution in [0.2, 0.25) is 0 Å². The van der Waals surface area contributed by atoms with E-state index in [-0.39, 0.29) is 22.5 Å². The first-order valence-corrected chi connectivity index (χ1v) is 12.6. The Labute approximate surface area is 195 Å². The lowest BCUT2D eigenvalue weighted by Crippen LogP contribution is -2.48. The largest absolute Gasteiger partial charge is 0.295 e. The Morgan fingerprint density at radius 1 is 1.03 bits per heavy atom. The van der Waals surface area contributed by atoms with Gasteiger partial charge in [0.25, 0.3) is 0 Å². The maximum atomic E-state index is 13.7. The summed E-state index contributed by atoms with van der Waals surface area (Å²) in [5, 5.41) is 2.25. The summed E-state index contributed by atoms with van der Waals surface area (Å²) in [6.07, 6.45) is 3.63. The predicted octanol–water partition coefficient (Wildman–Crippen LogP) is 5.39. The summed E-state index contributed by atoms with van der Waals surface area (Å²) in [6.45, 7) is 8.56. The standard InChI is InChI=1S/C28H27NO3S/c1-19-8-12-25(13-9-19)33(31,32)29-18-26(27-17-24(30)14-15-28(27,29)3)20(2)22-11-10-21-6-4-5-7-23(21)16-22/h4-16,26-27H,2,17-18H2,1,3H3/t26-,27+,28+/m0/s1. The Morgan fingerprint density at radius 3 is 2.45 bits per heavy atom. The van der Waals surface area contributed by atoms with Gasteiger partial charge < -0.3 is 0 Å². The zero-order valence-corrected chi connectivity index (χ0v) is 19.7. The van der Waals surface area contributed by atoms with Gasteiger partial charge in [-0.2, -0.15) is 4.31 Å². The molecule has 4 nitrogen and oxygen atoms in total. The molecule has 1 heterocycles. The highest BCUT2D eigenvalue weighted by atomic mass is 32.2. The first-order valence-electron chi connectivity index (χ1n) is 11.2. The maximum Gasteiger partial charge on any atom is 0.243 e. The van der Waals surface area contributed by atoms with Gasteiger partial charge in [-0.25, -0.2) is 8.42 Å². The zero-order valence-electron chi connectivity index (χ0n) is 18.9. The van der Waals surface area contributed by atoms with E-state index in [1.165, 1.54) is 6.08 Å². The van der Waals surface area contributed by atoms with Gasteiger partial charge >= 0.3 is 0 Å². The fourth-order valence-electron chi connectivity index (χ4n) is 5.35. The van der Waals surface area contributed by atoms with Gasteiger partial charge in [0.2, 0.25) is 10.0 Å². The highest BCUT2D eigenvalue weighted by Crippen LogP contribution is 2.50. The quantitative estimate of drug-likeness (QED) is 0.528. The normalized spacial score (nSPS) is 25.3. The number of fused-ring (bicyclic) bond motifs is 2. The van der Waals surface area contributed by atoms with Crippen molar-refractivity contribution in [1.29, 1.82) is 0 Å². The van der Waals surface area contributed by atoms with Gasteiger partial charge in [-0.15, -0.1) is 0 Å². The highest BCUT2D eigenvalue weighted by Gasteiger charge is 2.56. The molecule has 168 valence electrons. The van der Waals surface area contributed by atoms with Crippen LogP contribution in [0.4, 0.5) is 0 Å². The minimum absolute atomic E-state index is 0.0309. The molecular formula is C28H27NO3S. The molecule has 0 spiro atoms. The molecule has 5 rings (SSSR count). The number of hydrogen-bond acceptors (Lipinski definition) is 3. The third-order valence-electron chi connectivity index (χ3n) is 7.34. The number of benzene rings is 3. The van der Waals surface area contributed by atoms with Crippen molar-refractivity contribution in [3.8, 4) is 0 Å². The predicted molar refractivity (Wildman–Crippen MR) is 132 cm³/mol. The summed E-state index contributed by atoms with van der Waals surface area (Å²) in [5.41, 5.74) is 2.08. The van der Waals surface area contributed by atoms with Crippen molar-refractivity contribution in [2.24, 2.45) is 11.8 Å². The van der Waals surface area contributed by atoms with Crippen molar-refractivity contribution in [1.82, 2.24) is 4.31 Å². The molecule has 3 atom stereocenters. The van der Waals surface area contributed by atoms with Crippen molar-refractivity contribution in [3.63, 3.8) is 0 Å². The van der Waals surface area contributed by atoms with E-state index in [1.807, 2.05) is 44.2 Å². The minimum atomic E-state index is -3.76. The number of allylic oxidation sites excluding steroid dienone is 1. The molecule has 3 aromatic carbocycles. The molecule has 0 N–H and O–H groups in total. The van der Waals surface area contributed by atoms with Crippen LogP contribution in [0.3, 0.4) is 0 Å². The average Bonchev–Trinajstić information content (AvgIpc) is 3.12.